The van der Waals surface area contributed by atoms with Gasteiger partial charge in [0.15, 0.2) is 0 Å². The second-order valence-electron chi connectivity index (χ2n) is 4.75. The number of benzene rings is 1. The van der Waals surface area contributed by atoms with Crippen LogP contribution in [0.3, 0.4) is 0 Å². The van der Waals surface area contributed by atoms with Crippen LogP contribution in [-0.4, -0.2) is 25.7 Å². The Bertz CT molecular complexity index is 487. The molecule has 2 rings (SSSR count). The smallest absolute Gasteiger partial charge is 0.142 e. The van der Waals surface area contributed by atoms with Gasteiger partial charge in [-0.15, -0.1) is 11.6 Å². The fourth-order valence-electron chi connectivity index (χ4n) is 2.02. The Morgan fingerprint density at radius 3 is 2.85 bits per heavy atom. The van der Waals surface area contributed by atoms with E-state index >= 15 is 0 Å². The third-order valence-corrected chi connectivity index (χ3v) is 3.40. The number of halogens is 2. The lowest BCUT2D eigenvalue weighted by Crippen LogP contribution is -2.21. The van der Waals surface area contributed by atoms with Gasteiger partial charge in [0.25, 0.3) is 0 Å². The van der Waals surface area contributed by atoms with Crippen molar-refractivity contribution in [2.24, 2.45) is 5.92 Å². The van der Waals surface area contributed by atoms with Crippen LogP contribution in [0.2, 0.25) is 0 Å². The van der Waals surface area contributed by atoms with Gasteiger partial charge in [-0.2, -0.15) is 0 Å². The Balaban J connectivity index is 1.90. The molecule has 0 bridgehead atoms. The van der Waals surface area contributed by atoms with Gasteiger partial charge < -0.3 is 9.47 Å². The van der Waals surface area contributed by atoms with Gasteiger partial charge in [-0.25, -0.2) is 4.39 Å². The highest BCUT2D eigenvalue weighted by atomic mass is 35.5. The lowest BCUT2D eigenvalue weighted by Gasteiger charge is -2.22. The van der Waals surface area contributed by atoms with E-state index in [9.17, 15) is 4.39 Å². The van der Waals surface area contributed by atoms with Gasteiger partial charge in [-0.1, -0.05) is 11.8 Å². The third-order valence-electron chi connectivity index (χ3n) is 3.21. The largest absolute Gasteiger partial charge is 0.493 e. The van der Waals surface area contributed by atoms with Gasteiger partial charge >= 0.3 is 0 Å². The standard InChI is InChI=1S/C16H18ClFO2/c17-8-2-1-3-14-4-5-15(11-16(14)18)20-12-13-6-9-19-10-7-13/h4-5,11,13H,2,6-10,12H2. The summed E-state index contributed by atoms with van der Waals surface area (Å²) in [4.78, 5) is 0. The summed E-state index contributed by atoms with van der Waals surface area (Å²) in [5, 5.41) is 0. The molecule has 1 fully saturated rings. The van der Waals surface area contributed by atoms with Gasteiger partial charge in [0.2, 0.25) is 0 Å². The van der Waals surface area contributed by atoms with E-state index < -0.39 is 0 Å². The molecule has 0 aliphatic carbocycles. The van der Waals surface area contributed by atoms with E-state index in [1.54, 1.807) is 12.1 Å². The first kappa shape index (κ1) is 15.2. The second-order valence-corrected chi connectivity index (χ2v) is 5.13. The van der Waals surface area contributed by atoms with E-state index in [-0.39, 0.29) is 5.82 Å². The topological polar surface area (TPSA) is 18.5 Å². The molecule has 0 N–H and O–H groups in total. The van der Waals surface area contributed by atoms with E-state index in [1.165, 1.54) is 6.07 Å². The molecule has 0 atom stereocenters. The van der Waals surface area contributed by atoms with Crippen molar-refractivity contribution in [2.45, 2.75) is 19.3 Å². The van der Waals surface area contributed by atoms with Gasteiger partial charge in [-0.05, 0) is 30.9 Å². The van der Waals surface area contributed by atoms with Crippen molar-refractivity contribution in [1.82, 2.24) is 0 Å². The summed E-state index contributed by atoms with van der Waals surface area (Å²) in [5.74, 6) is 6.74. The summed E-state index contributed by atoms with van der Waals surface area (Å²) >= 11 is 5.52. The van der Waals surface area contributed by atoms with Crippen LogP contribution in [0, 0.1) is 23.6 Å². The average Bonchev–Trinajstić information content (AvgIpc) is 2.48. The fourth-order valence-corrected chi connectivity index (χ4v) is 2.11. The molecular formula is C16H18ClFO2. The first-order valence-corrected chi connectivity index (χ1v) is 7.38. The van der Waals surface area contributed by atoms with Crippen LogP contribution in [0.1, 0.15) is 24.8 Å². The predicted molar refractivity (Wildman–Crippen MR) is 77.7 cm³/mol. The zero-order chi connectivity index (χ0) is 14.2. The molecule has 1 aliphatic heterocycles. The monoisotopic (exact) mass is 296 g/mol. The maximum Gasteiger partial charge on any atom is 0.142 e. The molecule has 2 nitrogen and oxygen atoms in total. The molecule has 0 radical (unpaired) electrons. The van der Waals surface area contributed by atoms with E-state index in [1.807, 2.05) is 0 Å². The summed E-state index contributed by atoms with van der Waals surface area (Å²) in [6.07, 6.45) is 2.57. The van der Waals surface area contributed by atoms with Crippen molar-refractivity contribution in [3.63, 3.8) is 0 Å². The molecule has 20 heavy (non-hydrogen) atoms. The van der Waals surface area contributed by atoms with Gasteiger partial charge in [0.05, 0.1) is 12.2 Å². The third kappa shape index (κ3) is 4.70. The van der Waals surface area contributed by atoms with Crippen LogP contribution in [0.5, 0.6) is 5.75 Å². The maximum absolute atomic E-state index is 13.8. The Hall–Kier alpha value is -1.24. The fraction of sp³-hybridized carbons (Fsp3) is 0.500. The summed E-state index contributed by atoms with van der Waals surface area (Å²) < 4.78 is 24.7. The molecule has 1 aliphatic rings. The number of rotatable bonds is 4. The Morgan fingerprint density at radius 1 is 1.35 bits per heavy atom. The van der Waals surface area contributed by atoms with Crippen molar-refractivity contribution >= 4 is 11.6 Å². The van der Waals surface area contributed by atoms with Crippen LogP contribution in [0.25, 0.3) is 0 Å². The maximum atomic E-state index is 13.8. The Labute approximate surface area is 124 Å². The highest BCUT2D eigenvalue weighted by Crippen LogP contribution is 2.20. The normalized spacial score (nSPS) is 15.5. The zero-order valence-electron chi connectivity index (χ0n) is 11.3. The highest BCUT2D eigenvalue weighted by molar-refractivity contribution is 6.18. The second kappa shape index (κ2) is 8.14. The van der Waals surface area contributed by atoms with Crippen molar-refractivity contribution in [3.8, 4) is 17.6 Å². The number of ether oxygens (including phenoxy) is 2. The summed E-state index contributed by atoms with van der Waals surface area (Å²) in [7, 11) is 0. The summed E-state index contributed by atoms with van der Waals surface area (Å²) in [6, 6.07) is 4.80. The van der Waals surface area contributed by atoms with Crippen LogP contribution < -0.4 is 4.74 Å². The molecule has 0 saturated carbocycles. The minimum Gasteiger partial charge on any atom is -0.493 e. The van der Waals surface area contributed by atoms with E-state index in [0.717, 1.165) is 26.1 Å². The predicted octanol–water partition coefficient (Wildman–Crippen LogP) is 3.61. The summed E-state index contributed by atoms with van der Waals surface area (Å²) in [5.41, 5.74) is 0.383. The van der Waals surface area contributed by atoms with Crippen molar-refractivity contribution in [2.75, 3.05) is 25.7 Å². The highest BCUT2D eigenvalue weighted by Gasteiger charge is 2.14. The molecule has 0 unspecified atom stereocenters. The molecular weight excluding hydrogens is 279 g/mol. The average molecular weight is 297 g/mol. The molecule has 0 aromatic heterocycles. The quantitative estimate of drug-likeness (QED) is 0.624. The first-order chi connectivity index (χ1) is 9.79. The van der Waals surface area contributed by atoms with E-state index in [4.69, 9.17) is 21.1 Å². The van der Waals surface area contributed by atoms with Gasteiger partial charge in [0.1, 0.15) is 11.6 Å². The van der Waals surface area contributed by atoms with Crippen LogP contribution in [0.15, 0.2) is 18.2 Å². The SMILES string of the molecule is Fc1cc(OCC2CCOCC2)ccc1C#CCCCl. The molecule has 1 aromatic carbocycles. The molecule has 108 valence electrons. The Kier molecular flexibility index (Phi) is 6.17. The van der Waals surface area contributed by atoms with Crippen molar-refractivity contribution in [3.05, 3.63) is 29.6 Å². The number of alkyl halides is 1. The minimum atomic E-state index is -0.350. The number of hydrogen-bond donors (Lipinski definition) is 0. The molecule has 1 saturated heterocycles. The Morgan fingerprint density at radius 2 is 2.15 bits per heavy atom. The zero-order valence-corrected chi connectivity index (χ0v) is 12.1. The van der Waals surface area contributed by atoms with E-state index in [0.29, 0.717) is 36.1 Å². The van der Waals surface area contributed by atoms with Crippen LogP contribution >= 0.6 is 11.6 Å². The number of hydrogen-bond acceptors (Lipinski definition) is 2. The van der Waals surface area contributed by atoms with Crippen molar-refractivity contribution in [1.29, 1.82) is 0 Å². The minimum absolute atomic E-state index is 0.350. The molecule has 0 spiro atoms. The van der Waals surface area contributed by atoms with E-state index in [2.05, 4.69) is 11.8 Å². The van der Waals surface area contributed by atoms with Gasteiger partial charge in [-0.3, -0.25) is 0 Å². The van der Waals surface area contributed by atoms with Gasteiger partial charge in [0, 0.05) is 31.6 Å². The molecule has 1 aromatic rings. The lowest BCUT2D eigenvalue weighted by atomic mass is 10.0. The van der Waals surface area contributed by atoms with Crippen LogP contribution in [-0.2, 0) is 4.74 Å². The molecule has 0 amide bonds. The first-order valence-electron chi connectivity index (χ1n) is 6.84. The van der Waals surface area contributed by atoms with Crippen LogP contribution in [0.4, 0.5) is 4.39 Å². The lowest BCUT2D eigenvalue weighted by molar-refractivity contribution is 0.0497. The molecule has 4 heteroatoms. The summed E-state index contributed by atoms with van der Waals surface area (Å²) in [6.45, 7) is 2.19. The molecule has 1 heterocycles. The van der Waals surface area contributed by atoms with Crippen molar-refractivity contribution < 1.29 is 13.9 Å².